The normalized spacial score (nSPS) is 16.5. The maximum atomic E-state index is 9.26. The van der Waals surface area contributed by atoms with Crippen LogP contribution in [0, 0.1) is 25.2 Å². The Balaban J connectivity index is 1.59. The first-order chi connectivity index (χ1) is 14.5. The number of likely N-dealkylation sites (tertiary alicyclic amines) is 1. The van der Waals surface area contributed by atoms with Crippen molar-refractivity contribution in [2.75, 3.05) is 18.0 Å². The van der Waals surface area contributed by atoms with Gasteiger partial charge in [0, 0.05) is 42.8 Å². The van der Waals surface area contributed by atoms with Crippen molar-refractivity contribution in [2.24, 2.45) is 0 Å². The lowest BCUT2D eigenvalue weighted by molar-refractivity contribution is 0.327. The van der Waals surface area contributed by atoms with Gasteiger partial charge in [0.1, 0.15) is 6.07 Å². The molecule has 1 atom stereocenters. The van der Waals surface area contributed by atoms with Crippen LogP contribution in [0.15, 0.2) is 53.9 Å². The summed E-state index contributed by atoms with van der Waals surface area (Å²) in [5.74, 6) is 0. The summed E-state index contributed by atoms with van der Waals surface area (Å²) in [6.45, 7) is 8.34. The molecule has 0 spiro atoms. The molecular formula is C25H26ClN3S. The molecule has 0 N–H and O–H groups in total. The first-order valence-corrected chi connectivity index (χ1v) is 11.6. The van der Waals surface area contributed by atoms with Gasteiger partial charge in [0.15, 0.2) is 0 Å². The first kappa shape index (κ1) is 20.9. The highest BCUT2D eigenvalue weighted by Crippen LogP contribution is 2.31. The summed E-state index contributed by atoms with van der Waals surface area (Å²) in [7, 11) is 0. The van der Waals surface area contributed by atoms with Crippen LogP contribution in [-0.4, -0.2) is 24.0 Å². The lowest BCUT2D eigenvalue weighted by Gasteiger charge is -2.32. The van der Waals surface area contributed by atoms with Crippen LogP contribution in [-0.2, 0) is 13.1 Å². The van der Waals surface area contributed by atoms with Gasteiger partial charge >= 0.3 is 0 Å². The summed E-state index contributed by atoms with van der Waals surface area (Å²) in [5, 5.41) is 12.0. The second-order valence-corrected chi connectivity index (χ2v) is 9.44. The Morgan fingerprint density at radius 2 is 2.00 bits per heavy atom. The molecule has 4 rings (SSSR count). The molecule has 1 aliphatic rings. The zero-order valence-corrected chi connectivity index (χ0v) is 19.0. The molecule has 1 saturated heterocycles. The van der Waals surface area contributed by atoms with Crippen LogP contribution in [0.1, 0.15) is 33.6 Å². The standard InChI is InChI=1S/C25H26ClN3S/c1-18-5-3-4-6-21(18)15-29(22-8-7-20(14-27)24(26)13-22)23-9-11-28(16-23)17-25-19(2)10-12-30-25/h3-8,10,12-13,23H,9,11,15-17H2,1-2H3/t23-/m0/s1. The lowest BCUT2D eigenvalue weighted by Crippen LogP contribution is -2.37. The SMILES string of the molecule is Cc1ccccc1CN(c1ccc(C#N)c(Cl)c1)[C@H]1CCN(Cc2sccc2C)C1. The molecule has 0 saturated carbocycles. The van der Waals surface area contributed by atoms with E-state index in [9.17, 15) is 5.26 Å². The number of nitrogens with zero attached hydrogens (tertiary/aromatic N) is 3. The van der Waals surface area contributed by atoms with Crippen molar-refractivity contribution in [2.45, 2.75) is 39.4 Å². The van der Waals surface area contributed by atoms with Crippen LogP contribution < -0.4 is 4.90 Å². The summed E-state index contributed by atoms with van der Waals surface area (Å²) in [5.41, 5.74) is 5.62. The largest absolute Gasteiger partial charge is 0.363 e. The molecule has 0 unspecified atom stereocenters. The van der Waals surface area contributed by atoms with Crippen LogP contribution in [0.2, 0.25) is 5.02 Å². The second-order valence-electron chi connectivity index (χ2n) is 8.03. The van der Waals surface area contributed by atoms with Crippen molar-refractivity contribution in [3.63, 3.8) is 0 Å². The smallest absolute Gasteiger partial charge is 0.101 e. The Kier molecular flexibility index (Phi) is 6.43. The van der Waals surface area contributed by atoms with Crippen molar-refractivity contribution in [1.82, 2.24) is 4.90 Å². The van der Waals surface area contributed by atoms with Crippen molar-refractivity contribution in [3.05, 3.63) is 86.1 Å². The second kappa shape index (κ2) is 9.22. The van der Waals surface area contributed by atoms with E-state index in [1.165, 1.54) is 21.6 Å². The minimum absolute atomic E-state index is 0.411. The highest BCUT2D eigenvalue weighted by atomic mass is 35.5. The van der Waals surface area contributed by atoms with E-state index in [2.05, 4.69) is 65.4 Å². The Morgan fingerprint density at radius 3 is 2.70 bits per heavy atom. The number of halogens is 1. The molecule has 5 heteroatoms. The number of benzene rings is 2. The predicted molar refractivity (Wildman–Crippen MR) is 126 cm³/mol. The lowest BCUT2D eigenvalue weighted by atomic mass is 10.1. The minimum atomic E-state index is 0.411. The van der Waals surface area contributed by atoms with Gasteiger partial charge in [-0.25, -0.2) is 0 Å². The van der Waals surface area contributed by atoms with Crippen molar-refractivity contribution >= 4 is 28.6 Å². The average molecular weight is 436 g/mol. The van der Waals surface area contributed by atoms with E-state index < -0.39 is 0 Å². The Bertz CT molecular complexity index is 1070. The number of rotatable bonds is 6. The van der Waals surface area contributed by atoms with Gasteiger partial charge in [-0.2, -0.15) is 5.26 Å². The molecule has 30 heavy (non-hydrogen) atoms. The third kappa shape index (κ3) is 4.54. The van der Waals surface area contributed by atoms with Crippen molar-refractivity contribution < 1.29 is 0 Å². The number of thiophene rings is 1. The number of hydrogen-bond acceptors (Lipinski definition) is 4. The van der Waals surface area contributed by atoms with Gasteiger partial charge in [-0.1, -0.05) is 35.9 Å². The Labute approximate surface area is 188 Å². The highest BCUT2D eigenvalue weighted by Gasteiger charge is 2.29. The van der Waals surface area contributed by atoms with Crippen LogP contribution in [0.5, 0.6) is 0 Å². The minimum Gasteiger partial charge on any atom is -0.363 e. The van der Waals surface area contributed by atoms with Crippen molar-refractivity contribution in [3.8, 4) is 6.07 Å². The van der Waals surface area contributed by atoms with Gasteiger partial charge in [-0.05, 0) is 66.6 Å². The fraction of sp³-hybridized carbons (Fsp3) is 0.320. The molecule has 3 nitrogen and oxygen atoms in total. The van der Waals surface area contributed by atoms with E-state index in [0.29, 0.717) is 16.6 Å². The summed E-state index contributed by atoms with van der Waals surface area (Å²) in [6.07, 6.45) is 1.12. The summed E-state index contributed by atoms with van der Waals surface area (Å²) < 4.78 is 0. The zero-order chi connectivity index (χ0) is 21.1. The summed E-state index contributed by atoms with van der Waals surface area (Å²) >= 11 is 8.25. The van der Waals surface area contributed by atoms with Crippen LogP contribution in [0.4, 0.5) is 5.69 Å². The fourth-order valence-electron chi connectivity index (χ4n) is 4.15. The molecule has 1 fully saturated rings. The van der Waals surface area contributed by atoms with E-state index in [1.807, 2.05) is 29.5 Å². The molecule has 0 aliphatic carbocycles. The fourth-order valence-corrected chi connectivity index (χ4v) is 5.32. The van der Waals surface area contributed by atoms with E-state index in [1.54, 1.807) is 0 Å². The number of nitriles is 1. The number of anilines is 1. The van der Waals surface area contributed by atoms with Crippen LogP contribution in [0.3, 0.4) is 0 Å². The molecule has 1 aliphatic heterocycles. The van der Waals surface area contributed by atoms with E-state index in [-0.39, 0.29) is 0 Å². The van der Waals surface area contributed by atoms with E-state index >= 15 is 0 Å². The topological polar surface area (TPSA) is 30.3 Å². The van der Waals surface area contributed by atoms with Crippen molar-refractivity contribution in [1.29, 1.82) is 5.26 Å². The van der Waals surface area contributed by atoms with Gasteiger partial charge in [0.2, 0.25) is 0 Å². The van der Waals surface area contributed by atoms with Gasteiger partial charge < -0.3 is 4.90 Å². The average Bonchev–Trinajstić information content (AvgIpc) is 3.37. The third-order valence-corrected chi connectivity index (χ3v) is 7.35. The molecule has 1 aromatic heterocycles. The number of hydrogen-bond donors (Lipinski definition) is 0. The molecule has 154 valence electrons. The molecule has 0 bridgehead atoms. The third-order valence-electron chi connectivity index (χ3n) is 6.03. The Morgan fingerprint density at radius 1 is 1.17 bits per heavy atom. The van der Waals surface area contributed by atoms with E-state index in [0.717, 1.165) is 38.3 Å². The predicted octanol–water partition coefficient (Wildman–Crippen LogP) is 6.17. The Hall–Kier alpha value is -2.32. The van der Waals surface area contributed by atoms with Gasteiger partial charge in [0.05, 0.1) is 10.6 Å². The molecule has 0 amide bonds. The maximum absolute atomic E-state index is 9.26. The van der Waals surface area contributed by atoms with Gasteiger partial charge in [0.25, 0.3) is 0 Å². The molecule has 2 heterocycles. The molecule has 3 aromatic rings. The van der Waals surface area contributed by atoms with Gasteiger partial charge in [-0.15, -0.1) is 11.3 Å². The summed E-state index contributed by atoms with van der Waals surface area (Å²) in [6, 6.07) is 19.2. The maximum Gasteiger partial charge on any atom is 0.101 e. The van der Waals surface area contributed by atoms with Crippen LogP contribution in [0.25, 0.3) is 0 Å². The van der Waals surface area contributed by atoms with E-state index in [4.69, 9.17) is 11.6 Å². The monoisotopic (exact) mass is 435 g/mol. The molecule has 2 aromatic carbocycles. The molecule has 0 radical (unpaired) electrons. The van der Waals surface area contributed by atoms with Gasteiger partial charge in [-0.3, -0.25) is 4.90 Å². The number of aryl methyl sites for hydroxylation is 2. The molecular weight excluding hydrogens is 410 g/mol. The zero-order valence-electron chi connectivity index (χ0n) is 17.4. The summed E-state index contributed by atoms with van der Waals surface area (Å²) in [4.78, 5) is 6.48. The quantitative estimate of drug-likeness (QED) is 0.463. The first-order valence-electron chi connectivity index (χ1n) is 10.3. The van der Waals surface area contributed by atoms with Crippen LogP contribution >= 0.6 is 22.9 Å². The highest BCUT2D eigenvalue weighted by molar-refractivity contribution is 7.10.